The fourth-order valence-electron chi connectivity index (χ4n) is 3.23. The first-order valence-electron chi connectivity index (χ1n) is 8.52. The number of pyridine rings is 1. The highest BCUT2D eigenvalue weighted by Gasteiger charge is 2.20. The van der Waals surface area contributed by atoms with Gasteiger partial charge >= 0.3 is 0 Å². The number of halogens is 1. The molecule has 25 heavy (non-hydrogen) atoms. The van der Waals surface area contributed by atoms with Crippen LogP contribution in [0.3, 0.4) is 0 Å². The molecule has 2 heterocycles. The van der Waals surface area contributed by atoms with Gasteiger partial charge in [0.25, 0.3) is 0 Å². The molecule has 6 heteroatoms. The number of piperazine rings is 1. The first-order chi connectivity index (χ1) is 12.0. The molecule has 0 spiro atoms. The number of nitrogens with zero attached hydrogens (tertiary/aromatic N) is 3. The summed E-state index contributed by atoms with van der Waals surface area (Å²) < 4.78 is 1.90. The molecule has 0 amide bonds. The fraction of sp³-hybridized carbons (Fsp3) is 0.421. The van der Waals surface area contributed by atoms with Gasteiger partial charge in [-0.2, -0.15) is 0 Å². The Balaban J connectivity index is 1.62. The van der Waals surface area contributed by atoms with E-state index in [-0.39, 0.29) is 11.2 Å². The molecule has 1 aromatic carbocycles. The van der Waals surface area contributed by atoms with Crippen LogP contribution in [0.5, 0.6) is 5.75 Å². The Kier molecular flexibility index (Phi) is 5.47. The van der Waals surface area contributed by atoms with Crippen LogP contribution in [0.25, 0.3) is 0 Å². The third-order valence-corrected chi connectivity index (χ3v) is 5.34. The Hall–Kier alpha value is -1.82. The second-order valence-corrected chi connectivity index (χ2v) is 7.06. The van der Waals surface area contributed by atoms with Crippen molar-refractivity contribution in [1.82, 2.24) is 14.4 Å². The number of benzene rings is 1. The van der Waals surface area contributed by atoms with Gasteiger partial charge in [0, 0.05) is 63.1 Å². The van der Waals surface area contributed by atoms with E-state index < -0.39 is 0 Å². The van der Waals surface area contributed by atoms with Gasteiger partial charge in [0.05, 0.1) is 5.69 Å². The Bertz CT molecular complexity index is 811. The number of aromatic nitrogens is 1. The zero-order chi connectivity index (χ0) is 18.0. The standard InChI is InChI=1S/C19H24ClN3O2/c1-14-11-18(24)19(25)17(21(14)2)13-23-9-7-22(8-10-23)12-15-5-3-4-6-16(15)20/h3-6,11,25H,7-10,12-13H2,1-2H3. The zero-order valence-corrected chi connectivity index (χ0v) is 15.5. The topological polar surface area (TPSA) is 48.7 Å². The highest BCUT2D eigenvalue weighted by Crippen LogP contribution is 2.20. The Morgan fingerprint density at radius 2 is 1.68 bits per heavy atom. The molecule has 1 N–H and O–H groups in total. The van der Waals surface area contributed by atoms with Crippen LogP contribution in [-0.4, -0.2) is 45.7 Å². The summed E-state index contributed by atoms with van der Waals surface area (Å²) >= 11 is 6.25. The van der Waals surface area contributed by atoms with Crippen LogP contribution in [-0.2, 0) is 20.1 Å². The number of hydrogen-bond donors (Lipinski definition) is 1. The molecule has 0 unspecified atom stereocenters. The van der Waals surface area contributed by atoms with Crippen LogP contribution in [0.2, 0.25) is 5.02 Å². The quantitative estimate of drug-likeness (QED) is 0.908. The van der Waals surface area contributed by atoms with E-state index in [1.807, 2.05) is 36.7 Å². The van der Waals surface area contributed by atoms with Gasteiger partial charge in [-0.15, -0.1) is 0 Å². The predicted molar refractivity (Wildman–Crippen MR) is 100 cm³/mol. The molecule has 1 aliphatic rings. The van der Waals surface area contributed by atoms with Crippen molar-refractivity contribution in [3.63, 3.8) is 0 Å². The number of aryl methyl sites for hydroxylation is 1. The molecule has 3 rings (SSSR count). The summed E-state index contributed by atoms with van der Waals surface area (Å²) in [6.07, 6.45) is 0. The largest absolute Gasteiger partial charge is 0.503 e. The van der Waals surface area contributed by atoms with Crippen molar-refractivity contribution in [3.05, 3.63) is 62.5 Å². The van der Waals surface area contributed by atoms with E-state index in [1.165, 1.54) is 6.07 Å². The van der Waals surface area contributed by atoms with Gasteiger partial charge < -0.3 is 9.67 Å². The van der Waals surface area contributed by atoms with E-state index in [9.17, 15) is 9.90 Å². The van der Waals surface area contributed by atoms with Gasteiger partial charge in [-0.3, -0.25) is 14.6 Å². The molecule has 1 fully saturated rings. The molecule has 0 aliphatic carbocycles. The lowest BCUT2D eigenvalue weighted by atomic mass is 10.2. The lowest BCUT2D eigenvalue weighted by Gasteiger charge is -2.35. The summed E-state index contributed by atoms with van der Waals surface area (Å²) in [5.74, 6) is -0.133. The van der Waals surface area contributed by atoms with Crippen LogP contribution >= 0.6 is 11.6 Å². The molecule has 2 aromatic rings. The van der Waals surface area contributed by atoms with Gasteiger partial charge in [0.2, 0.25) is 5.43 Å². The van der Waals surface area contributed by atoms with Gasteiger partial charge in [-0.1, -0.05) is 29.8 Å². The van der Waals surface area contributed by atoms with E-state index >= 15 is 0 Å². The number of hydrogen-bond acceptors (Lipinski definition) is 4. The van der Waals surface area contributed by atoms with Gasteiger partial charge in [0.15, 0.2) is 5.75 Å². The fourth-order valence-corrected chi connectivity index (χ4v) is 3.43. The Labute approximate surface area is 153 Å². The van der Waals surface area contributed by atoms with Crippen LogP contribution < -0.4 is 5.43 Å². The van der Waals surface area contributed by atoms with Crippen molar-refractivity contribution in [1.29, 1.82) is 0 Å². The van der Waals surface area contributed by atoms with E-state index in [2.05, 4.69) is 15.9 Å². The van der Waals surface area contributed by atoms with Crippen molar-refractivity contribution in [2.24, 2.45) is 7.05 Å². The molecule has 0 bridgehead atoms. The Morgan fingerprint density at radius 1 is 1.08 bits per heavy atom. The van der Waals surface area contributed by atoms with Crippen LogP contribution in [0.15, 0.2) is 35.1 Å². The molecule has 134 valence electrons. The summed E-state index contributed by atoms with van der Waals surface area (Å²) in [5, 5.41) is 10.9. The van der Waals surface area contributed by atoms with Crippen LogP contribution in [0, 0.1) is 6.92 Å². The molecule has 1 aromatic heterocycles. The lowest BCUT2D eigenvalue weighted by molar-refractivity contribution is 0.119. The van der Waals surface area contributed by atoms with Crippen molar-refractivity contribution in [2.45, 2.75) is 20.0 Å². The molecule has 0 atom stereocenters. The van der Waals surface area contributed by atoms with E-state index in [4.69, 9.17) is 11.6 Å². The van der Waals surface area contributed by atoms with Crippen LogP contribution in [0.4, 0.5) is 0 Å². The van der Waals surface area contributed by atoms with Crippen LogP contribution in [0.1, 0.15) is 17.0 Å². The highest BCUT2D eigenvalue weighted by molar-refractivity contribution is 6.31. The molecule has 0 radical (unpaired) electrons. The summed E-state index contributed by atoms with van der Waals surface area (Å²) in [5.41, 5.74) is 2.39. The maximum atomic E-state index is 11.8. The molecule has 5 nitrogen and oxygen atoms in total. The first kappa shape index (κ1) is 18.0. The average molecular weight is 362 g/mol. The first-order valence-corrected chi connectivity index (χ1v) is 8.90. The summed E-state index contributed by atoms with van der Waals surface area (Å²) in [6, 6.07) is 9.42. The number of aromatic hydroxyl groups is 1. The maximum absolute atomic E-state index is 11.8. The maximum Gasteiger partial charge on any atom is 0.223 e. The average Bonchev–Trinajstić information content (AvgIpc) is 2.60. The molecular formula is C19H24ClN3O2. The predicted octanol–water partition coefficient (Wildman–Crippen LogP) is 2.37. The molecule has 0 saturated carbocycles. The normalized spacial score (nSPS) is 16.3. The SMILES string of the molecule is Cc1cc(=O)c(O)c(CN2CCN(Cc3ccccc3Cl)CC2)n1C. The minimum absolute atomic E-state index is 0.133. The van der Waals surface area contributed by atoms with Crippen molar-refractivity contribution in [2.75, 3.05) is 26.2 Å². The van der Waals surface area contributed by atoms with E-state index in [1.54, 1.807) is 0 Å². The van der Waals surface area contributed by atoms with Gasteiger partial charge in [-0.25, -0.2) is 0 Å². The second kappa shape index (κ2) is 7.60. The minimum atomic E-state index is -0.303. The number of rotatable bonds is 4. The zero-order valence-electron chi connectivity index (χ0n) is 14.7. The third kappa shape index (κ3) is 4.06. The summed E-state index contributed by atoms with van der Waals surface area (Å²) in [7, 11) is 1.89. The minimum Gasteiger partial charge on any atom is -0.503 e. The smallest absolute Gasteiger partial charge is 0.223 e. The Morgan fingerprint density at radius 3 is 2.32 bits per heavy atom. The summed E-state index contributed by atoms with van der Waals surface area (Å²) in [6.45, 7) is 6.97. The second-order valence-electron chi connectivity index (χ2n) is 6.65. The van der Waals surface area contributed by atoms with E-state index in [0.29, 0.717) is 12.2 Å². The van der Waals surface area contributed by atoms with Gasteiger partial charge in [-0.05, 0) is 18.6 Å². The lowest BCUT2D eigenvalue weighted by Crippen LogP contribution is -2.45. The van der Waals surface area contributed by atoms with Crippen molar-refractivity contribution >= 4 is 11.6 Å². The monoisotopic (exact) mass is 361 g/mol. The highest BCUT2D eigenvalue weighted by atomic mass is 35.5. The molecule has 1 aliphatic heterocycles. The molecular weight excluding hydrogens is 338 g/mol. The van der Waals surface area contributed by atoms with Crippen molar-refractivity contribution in [3.8, 4) is 5.75 Å². The van der Waals surface area contributed by atoms with Gasteiger partial charge in [0.1, 0.15) is 0 Å². The van der Waals surface area contributed by atoms with Crippen molar-refractivity contribution < 1.29 is 5.11 Å². The third-order valence-electron chi connectivity index (χ3n) is 4.97. The summed E-state index contributed by atoms with van der Waals surface area (Å²) in [4.78, 5) is 16.5. The molecule has 1 saturated heterocycles. The van der Waals surface area contributed by atoms with E-state index in [0.717, 1.165) is 49.0 Å².